The molecular weight excluding hydrogens is 350 g/mol. The van der Waals surface area contributed by atoms with Gasteiger partial charge in [0.2, 0.25) is 0 Å². The first-order valence-electron chi connectivity index (χ1n) is 7.01. The van der Waals surface area contributed by atoms with Crippen LogP contribution in [0.15, 0.2) is 53.2 Å². The number of benzene rings is 2. The van der Waals surface area contributed by atoms with E-state index in [2.05, 4.69) is 4.72 Å². The number of hydrogen-bond donors (Lipinski definition) is 4. The number of hydrazine groups is 1. The molecule has 0 aliphatic heterocycles. The molecule has 0 unspecified atom stereocenters. The number of carboxylic acid groups (broad SMARTS) is 1. The van der Waals surface area contributed by atoms with Gasteiger partial charge in [-0.15, -0.1) is 0 Å². The molecule has 0 heterocycles. The van der Waals surface area contributed by atoms with E-state index < -0.39 is 23.2 Å². The van der Waals surface area contributed by atoms with Crippen LogP contribution >= 0.6 is 11.9 Å². The van der Waals surface area contributed by atoms with Gasteiger partial charge in [-0.1, -0.05) is 0 Å². The van der Waals surface area contributed by atoms with Crippen molar-refractivity contribution < 1.29 is 18.7 Å². The average molecular weight is 366 g/mol. The molecule has 25 heavy (non-hydrogen) atoms. The monoisotopic (exact) mass is 366 g/mol. The van der Waals surface area contributed by atoms with Crippen LogP contribution in [0.5, 0.6) is 0 Å². The van der Waals surface area contributed by atoms with E-state index in [1.807, 2.05) is 0 Å². The van der Waals surface area contributed by atoms with Gasteiger partial charge < -0.3 is 15.6 Å². The summed E-state index contributed by atoms with van der Waals surface area (Å²) in [5.41, 5.74) is 5.92. The molecule has 0 amide bonds. The van der Waals surface area contributed by atoms with Crippen LogP contribution < -0.4 is 21.3 Å². The summed E-state index contributed by atoms with van der Waals surface area (Å²) in [4.78, 5) is 11.5. The highest BCUT2D eigenvalue weighted by Crippen LogP contribution is 2.27. The van der Waals surface area contributed by atoms with Gasteiger partial charge in [-0.2, -0.15) is 0 Å². The SMILES string of the molecule is C/C(N)=C/N(N)c1ccc(SNc2cc(F)c(C(=O)O)cc2F)cc1. The molecule has 0 aromatic heterocycles. The number of nitrogens with one attached hydrogen (secondary N) is 1. The summed E-state index contributed by atoms with van der Waals surface area (Å²) in [5.74, 6) is 2.39. The molecule has 0 saturated heterocycles. The van der Waals surface area contributed by atoms with Gasteiger partial charge in [-0.3, -0.25) is 5.01 Å². The number of anilines is 2. The van der Waals surface area contributed by atoms with E-state index >= 15 is 0 Å². The molecule has 0 atom stereocenters. The summed E-state index contributed by atoms with van der Waals surface area (Å²) < 4.78 is 30.1. The Morgan fingerprint density at radius 3 is 2.44 bits per heavy atom. The maximum Gasteiger partial charge on any atom is 0.338 e. The van der Waals surface area contributed by atoms with Crippen molar-refractivity contribution in [2.45, 2.75) is 11.8 Å². The van der Waals surface area contributed by atoms with Crippen molar-refractivity contribution in [1.29, 1.82) is 0 Å². The highest BCUT2D eigenvalue weighted by atomic mass is 32.2. The summed E-state index contributed by atoms with van der Waals surface area (Å²) in [7, 11) is 0. The highest BCUT2D eigenvalue weighted by molar-refractivity contribution is 8.00. The molecule has 2 aromatic rings. The quantitative estimate of drug-likeness (QED) is 0.353. The first-order chi connectivity index (χ1) is 11.8. The number of allylic oxidation sites excluding steroid dienone is 1. The topological polar surface area (TPSA) is 105 Å². The van der Waals surface area contributed by atoms with Crippen LogP contribution in [0.1, 0.15) is 17.3 Å². The minimum atomic E-state index is -1.53. The Bertz CT molecular complexity index is 809. The van der Waals surface area contributed by atoms with E-state index in [1.165, 1.54) is 5.01 Å². The fourth-order valence-electron chi connectivity index (χ4n) is 1.88. The first kappa shape index (κ1) is 18.6. The van der Waals surface area contributed by atoms with Crippen LogP contribution in [0.4, 0.5) is 20.2 Å². The van der Waals surface area contributed by atoms with Gasteiger partial charge in [0.05, 0.1) is 16.9 Å². The molecular formula is C16H16F2N4O2S. The van der Waals surface area contributed by atoms with E-state index in [0.29, 0.717) is 22.3 Å². The fourth-order valence-corrected chi connectivity index (χ4v) is 2.54. The molecule has 9 heteroatoms. The molecule has 6 N–H and O–H groups in total. The van der Waals surface area contributed by atoms with Crippen molar-refractivity contribution in [1.82, 2.24) is 0 Å². The third-order valence-electron chi connectivity index (χ3n) is 3.04. The Morgan fingerprint density at radius 1 is 1.24 bits per heavy atom. The lowest BCUT2D eigenvalue weighted by Gasteiger charge is -2.15. The second kappa shape index (κ2) is 7.86. The second-order valence-electron chi connectivity index (χ2n) is 5.10. The van der Waals surface area contributed by atoms with E-state index in [9.17, 15) is 13.6 Å². The standard InChI is InChI=1S/C16H16F2N4O2S/c1-9(19)8-22(20)10-2-4-11(5-3-10)25-21-15-7-13(17)12(16(23)24)6-14(15)18/h2-8,21H,19-20H2,1H3,(H,23,24)/b9-8-. The van der Waals surface area contributed by atoms with Crippen molar-refractivity contribution in [3.63, 3.8) is 0 Å². The highest BCUT2D eigenvalue weighted by Gasteiger charge is 2.15. The number of hydrogen-bond acceptors (Lipinski definition) is 6. The number of carbonyl (C=O) groups is 1. The van der Waals surface area contributed by atoms with E-state index in [1.54, 1.807) is 37.4 Å². The van der Waals surface area contributed by atoms with Crippen LogP contribution in [-0.4, -0.2) is 11.1 Å². The minimum Gasteiger partial charge on any atom is -0.478 e. The molecule has 0 spiro atoms. The molecule has 0 fully saturated rings. The zero-order valence-electron chi connectivity index (χ0n) is 13.2. The van der Waals surface area contributed by atoms with Crippen molar-refractivity contribution >= 4 is 29.3 Å². The number of rotatable bonds is 6. The lowest BCUT2D eigenvalue weighted by Crippen LogP contribution is -2.25. The summed E-state index contributed by atoms with van der Waals surface area (Å²) in [6.45, 7) is 1.71. The molecule has 0 bridgehead atoms. The average Bonchev–Trinajstić information content (AvgIpc) is 2.54. The van der Waals surface area contributed by atoms with Crippen LogP contribution in [0.25, 0.3) is 0 Å². The van der Waals surface area contributed by atoms with Gasteiger partial charge in [0, 0.05) is 22.9 Å². The molecule has 0 aliphatic carbocycles. The summed E-state index contributed by atoms with van der Waals surface area (Å²) in [6, 6.07) is 8.36. The predicted molar refractivity (Wildman–Crippen MR) is 93.8 cm³/mol. The number of carboxylic acids is 1. The van der Waals surface area contributed by atoms with Crippen molar-refractivity contribution in [3.05, 3.63) is 65.5 Å². The maximum absolute atomic E-state index is 13.8. The third-order valence-corrected chi connectivity index (χ3v) is 3.87. The zero-order valence-corrected chi connectivity index (χ0v) is 14.0. The van der Waals surface area contributed by atoms with Gasteiger partial charge in [-0.25, -0.2) is 19.4 Å². The maximum atomic E-state index is 13.8. The van der Waals surface area contributed by atoms with Crippen LogP contribution in [0.3, 0.4) is 0 Å². The van der Waals surface area contributed by atoms with E-state index in [-0.39, 0.29) is 5.69 Å². The molecule has 0 radical (unpaired) electrons. The number of aromatic carboxylic acids is 1. The van der Waals surface area contributed by atoms with Crippen molar-refractivity contribution in [2.75, 3.05) is 9.73 Å². The van der Waals surface area contributed by atoms with Crippen molar-refractivity contribution in [3.8, 4) is 0 Å². The van der Waals surface area contributed by atoms with Crippen molar-refractivity contribution in [2.24, 2.45) is 11.6 Å². The third kappa shape index (κ3) is 4.85. The van der Waals surface area contributed by atoms with Gasteiger partial charge >= 0.3 is 5.97 Å². The Hall–Kier alpha value is -2.78. The fraction of sp³-hybridized carbons (Fsp3) is 0.0625. The van der Waals surface area contributed by atoms with Crippen LogP contribution in [0.2, 0.25) is 0 Å². The molecule has 0 aliphatic rings. The Balaban J connectivity index is 2.08. The zero-order chi connectivity index (χ0) is 18.6. The number of halogens is 2. The molecule has 6 nitrogen and oxygen atoms in total. The van der Waals surface area contributed by atoms with E-state index in [0.717, 1.165) is 18.0 Å². The second-order valence-corrected chi connectivity index (χ2v) is 5.98. The summed E-state index contributed by atoms with van der Waals surface area (Å²) in [5, 5.41) is 10.1. The lowest BCUT2D eigenvalue weighted by molar-refractivity contribution is 0.0691. The van der Waals surface area contributed by atoms with E-state index in [4.69, 9.17) is 16.7 Å². The molecule has 132 valence electrons. The number of nitrogens with zero attached hydrogens (tertiary/aromatic N) is 1. The largest absolute Gasteiger partial charge is 0.478 e. The van der Waals surface area contributed by atoms with Gasteiger partial charge in [0.15, 0.2) is 0 Å². The first-order valence-corrected chi connectivity index (χ1v) is 7.82. The lowest BCUT2D eigenvalue weighted by atomic mass is 10.2. The smallest absolute Gasteiger partial charge is 0.338 e. The van der Waals surface area contributed by atoms with Crippen LogP contribution in [0, 0.1) is 11.6 Å². The Labute approximate surface area is 147 Å². The summed E-state index contributed by atoms with van der Waals surface area (Å²) >= 11 is 1.04. The number of nitrogens with two attached hydrogens (primary N) is 2. The normalized spacial score (nSPS) is 11.3. The molecule has 2 rings (SSSR count). The van der Waals surface area contributed by atoms with Gasteiger partial charge in [0.25, 0.3) is 0 Å². The molecule has 2 aromatic carbocycles. The Morgan fingerprint density at radius 2 is 1.88 bits per heavy atom. The summed E-state index contributed by atoms with van der Waals surface area (Å²) in [6.07, 6.45) is 1.56. The van der Waals surface area contributed by atoms with Gasteiger partial charge in [0.1, 0.15) is 11.6 Å². The predicted octanol–water partition coefficient (Wildman–Crippen LogP) is 3.28. The van der Waals surface area contributed by atoms with Gasteiger partial charge in [-0.05, 0) is 49.2 Å². The Kier molecular flexibility index (Phi) is 5.84. The van der Waals surface area contributed by atoms with Crippen LogP contribution in [-0.2, 0) is 0 Å². The molecule has 0 saturated carbocycles. The minimum absolute atomic E-state index is 0.154.